The molecule has 2 aromatic carbocycles. The molecule has 2 nitrogen and oxygen atoms in total. The summed E-state index contributed by atoms with van der Waals surface area (Å²) in [6.07, 6.45) is 0. The van der Waals surface area contributed by atoms with E-state index in [1.165, 1.54) is 5.56 Å². The number of hydrogen-bond donors (Lipinski definition) is 0. The smallest absolute Gasteiger partial charge is 0.336 e. The molecule has 0 fully saturated rings. The van der Waals surface area contributed by atoms with Crippen LogP contribution in [0.15, 0.2) is 56.6 Å². The molecule has 0 aliphatic carbocycles. The predicted molar refractivity (Wildman–Crippen MR) is 102 cm³/mol. The second kappa shape index (κ2) is 7.04. The molecule has 0 saturated heterocycles. The van der Waals surface area contributed by atoms with Crippen LogP contribution in [0, 0.1) is 6.92 Å². The van der Waals surface area contributed by atoms with Crippen molar-refractivity contribution in [2.24, 2.45) is 0 Å². The lowest BCUT2D eigenvalue weighted by Gasteiger charge is -2.13. The summed E-state index contributed by atoms with van der Waals surface area (Å²) < 4.78 is 5.40. The Bertz CT molecular complexity index is 944. The van der Waals surface area contributed by atoms with E-state index < -0.39 is 0 Å². The SMILES string of the molecule is Cc1cc2oc(=O)cc(CSc3ccccc3Cl)c2cc1C(C)C. The first-order valence-electron chi connectivity index (χ1n) is 7.90. The number of thioether (sulfide) groups is 1. The van der Waals surface area contributed by atoms with Crippen molar-refractivity contribution in [3.8, 4) is 0 Å². The van der Waals surface area contributed by atoms with Gasteiger partial charge in [0.25, 0.3) is 0 Å². The molecule has 24 heavy (non-hydrogen) atoms. The van der Waals surface area contributed by atoms with Crippen LogP contribution in [0.4, 0.5) is 0 Å². The fourth-order valence-electron chi connectivity index (χ4n) is 2.85. The van der Waals surface area contributed by atoms with Gasteiger partial charge in [0, 0.05) is 22.1 Å². The van der Waals surface area contributed by atoms with Crippen LogP contribution in [0.5, 0.6) is 0 Å². The summed E-state index contributed by atoms with van der Waals surface area (Å²) in [4.78, 5) is 12.9. The maximum Gasteiger partial charge on any atom is 0.336 e. The average Bonchev–Trinajstić information content (AvgIpc) is 2.52. The van der Waals surface area contributed by atoms with Crippen molar-refractivity contribution in [1.82, 2.24) is 0 Å². The maximum atomic E-state index is 11.9. The van der Waals surface area contributed by atoms with Crippen molar-refractivity contribution in [2.75, 3.05) is 0 Å². The zero-order valence-electron chi connectivity index (χ0n) is 13.9. The average molecular weight is 359 g/mol. The Balaban J connectivity index is 2.04. The van der Waals surface area contributed by atoms with E-state index in [-0.39, 0.29) is 5.63 Å². The Hall–Kier alpha value is -1.71. The summed E-state index contributed by atoms with van der Waals surface area (Å²) in [5.74, 6) is 1.09. The highest BCUT2D eigenvalue weighted by molar-refractivity contribution is 7.98. The van der Waals surface area contributed by atoms with Crippen LogP contribution in [0.1, 0.15) is 36.5 Å². The molecule has 0 unspecified atom stereocenters. The second-order valence-electron chi connectivity index (χ2n) is 6.17. The normalized spacial score (nSPS) is 11.4. The monoisotopic (exact) mass is 358 g/mol. The van der Waals surface area contributed by atoms with E-state index in [1.54, 1.807) is 17.8 Å². The molecule has 0 spiro atoms. The highest BCUT2D eigenvalue weighted by atomic mass is 35.5. The maximum absolute atomic E-state index is 11.9. The van der Waals surface area contributed by atoms with Gasteiger partial charge in [0.15, 0.2) is 0 Å². The van der Waals surface area contributed by atoms with Gasteiger partial charge in [-0.2, -0.15) is 0 Å². The van der Waals surface area contributed by atoms with E-state index in [9.17, 15) is 4.79 Å². The third kappa shape index (κ3) is 3.52. The molecule has 0 aliphatic heterocycles. The van der Waals surface area contributed by atoms with Gasteiger partial charge in [0.2, 0.25) is 0 Å². The molecule has 0 radical (unpaired) electrons. The fraction of sp³-hybridized carbons (Fsp3) is 0.250. The summed E-state index contributed by atoms with van der Waals surface area (Å²) >= 11 is 7.86. The van der Waals surface area contributed by atoms with Gasteiger partial charge in [0.1, 0.15) is 5.58 Å². The Morgan fingerprint density at radius 3 is 2.62 bits per heavy atom. The fourth-order valence-corrected chi connectivity index (χ4v) is 4.08. The number of rotatable bonds is 4. The number of aryl methyl sites for hydroxylation is 1. The largest absolute Gasteiger partial charge is 0.423 e. The minimum absolute atomic E-state index is 0.311. The van der Waals surface area contributed by atoms with E-state index in [0.29, 0.717) is 17.3 Å². The van der Waals surface area contributed by atoms with E-state index in [1.807, 2.05) is 30.3 Å². The van der Waals surface area contributed by atoms with Gasteiger partial charge in [-0.25, -0.2) is 4.79 Å². The summed E-state index contributed by atoms with van der Waals surface area (Å²) in [6.45, 7) is 6.40. The van der Waals surface area contributed by atoms with Crippen molar-refractivity contribution in [3.63, 3.8) is 0 Å². The molecule has 0 saturated carbocycles. The molecule has 3 aromatic rings. The van der Waals surface area contributed by atoms with Crippen molar-refractivity contribution >= 4 is 34.3 Å². The van der Waals surface area contributed by atoms with E-state index in [2.05, 4.69) is 26.8 Å². The van der Waals surface area contributed by atoms with Crippen LogP contribution in [0.25, 0.3) is 11.0 Å². The van der Waals surface area contributed by atoms with Crippen molar-refractivity contribution in [3.05, 3.63) is 74.6 Å². The number of halogens is 1. The van der Waals surface area contributed by atoms with Gasteiger partial charge in [-0.05, 0) is 53.8 Å². The highest BCUT2D eigenvalue weighted by Gasteiger charge is 2.12. The van der Waals surface area contributed by atoms with Crippen LogP contribution < -0.4 is 5.63 Å². The molecular formula is C20H19ClO2S. The summed E-state index contributed by atoms with van der Waals surface area (Å²) in [5, 5.41) is 1.73. The van der Waals surface area contributed by atoms with Crippen molar-refractivity contribution < 1.29 is 4.42 Å². The predicted octanol–water partition coefficient (Wildman–Crippen LogP) is 6.17. The van der Waals surface area contributed by atoms with E-state index in [0.717, 1.165) is 26.4 Å². The highest BCUT2D eigenvalue weighted by Crippen LogP contribution is 2.33. The lowest BCUT2D eigenvalue weighted by molar-refractivity contribution is 0.559. The number of hydrogen-bond acceptors (Lipinski definition) is 3. The molecule has 0 N–H and O–H groups in total. The van der Waals surface area contributed by atoms with E-state index >= 15 is 0 Å². The van der Waals surface area contributed by atoms with Gasteiger partial charge in [0.05, 0.1) is 5.02 Å². The molecular weight excluding hydrogens is 340 g/mol. The number of fused-ring (bicyclic) bond motifs is 1. The molecule has 0 aliphatic rings. The summed E-state index contributed by atoms with van der Waals surface area (Å²) in [6, 6.07) is 13.5. The Morgan fingerprint density at radius 1 is 1.17 bits per heavy atom. The Labute approximate surface area is 150 Å². The van der Waals surface area contributed by atoms with Gasteiger partial charge < -0.3 is 4.42 Å². The third-order valence-electron chi connectivity index (χ3n) is 4.06. The van der Waals surface area contributed by atoms with Gasteiger partial charge in [-0.15, -0.1) is 11.8 Å². The molecule has 0 bridgehead atoms. The van der Waals surface area contributed by atoms with Crippen LogP contribution in [-0.2, 0) is 5.75 Å². The first-order chi connectivity index (χ1) is 11.5. The Kier molecular flexibility index (Phi) is 5.02. The van der Waals surface area contributed by atoms with E-state index in [4.69, 9.17) is 16.0 Å². The van der Waals surface area contributed by atoms with Crippen LogP contribution in [0.2, 0.25) is 5.02 Å². The lowest BCUT2D eigenvalue weighted by Crippen LogP contribution is -2.02. The van der Waals surface area contributed by atoms with Crippen molar-refractivity contribution in [2.45, 2.75) is 37.3 Å². The topological polar surface area (TPSA) is 30.2 Å². The van der Waals surface area contributed by atoms with Crippen LogP contribution in [-0.4, -0.2) is 0 Å². The standard InChI is InChI=1S/C20H19ClO2S/c1-12(2)15-10-16-14(9-20(22)23-18(16)8-13(15)3)11-24-19-7-5-4-6-17(19)21/h4-10,12H,11H2,1-3H3. The quantitative estimate of drug-likeness (QED) is 0.412. The zero-order chi connectivity index (χ0) is 17.3. The molecule has 3 rings (SSSR count). The second-order valence-corrected chi connectivity index (χ2v) is 7.59. The van der Waals surface area contributed by atoms with Gasteiger partial charge in [-0.1, -0.05) is 37.6 Å². The minimum Gasteiger partial charge on any atom is -0.423 e. The molecule has 1 heterocycles. The third-order valence-corrected chi connectivity index (χ3v) is 5.62. The molecule has 4 heteroatoms. The minimum atomic E-state index is -0.311. The summed E-state index contributed by atoms with van der Waals surface area (Å²) in [7, 11) is 0. The molecule has 0 atom stereocenters. The summed E-state index contributed by atoms with van der Waals surface area (Å²) in [5.41, 5.74) is 3.75. The van der Waals surface area contributed by atoms with Gasteiger partial charge >= 0.3 is 5.63 Å². The number of benzene rings is 2. The van der Waals surface area contributed by atoms with Crippen LogP contribution >= 0.6 is 23.4 Å². The van der Waals surface area contributed by atoms with Crippen LogP contribution in [0.3, 0.4) is 0 Å². The Morgan fingerprint density at radius 2 is 1.92 bits per heavy atom. The lowest BCUT2D eigenvalue weighted by atomic mass is 9.95. The first kappa shape index (κ1) is 17.1. The van der Waals surface area contributed by atoms with Gasteiger partial charge in [-0.3, -0.25) is 0 Å². The first-order valence-corrected chi connectivity index (χ1v) is 9.26. The van der Waals surface area contributed by atoms with Crippen molar-refractivity contribution in [1.29, 1.82) is 0 Å². The molecule has 1 aromatic heterocycles. The molecule has 0 amide bonds. The zero-order valence-corrected chi connectivity index (χ0v) is 15.5. The molecule has 124 valence electrons.